The Labute approximate surface area is 128 Å². The zero-order valence-electron chi connectivity index (χ0n) is 12.2. The first-order chi connectivity index (χ1) is 8.83. The van der Waals surface area contributed by atoms with E-state index in [2.05, 4.69) is 29.5 Å². The van der Waals surface area contributed by atoms with Crippen LogP contribution < -0.4 is 0 Å². The molecule has 0 amide bonds. The van der Waals surface area contributed by atoms with Crippen molar-refractivity contribution in [3.05, 3.63) is 0 Å². The highest BCUT2D eigenvalue weighted by Crippen LogP contribution is 2.32. The van der Waals surface area contributed by atoms with Crippen molar-refractivity contribution in [1.29, 1.82) is 0 Å². The molecule has 0 atom stereocenters. The number of alkyl halides is 1. The van der Waals surface area contributed by atoms with Gasteiger partial charge in [-0.2, -0.15) is 0 Å². The van der Waals surface area contributed by atoms with Crippen LogP contribution in [0.2, 0.25) is 0 Å². The maximum Gasteiger partial charge on any atom is 0.0771 e. The molecule has 2 heteroatoms. The Morgan fingerprint density at radius 1 is 0.889 bits per heavy atom. The zero-order valence-corrected chi connectivity index (χ0v) is 14.3. The predicted octanol–water partition coefficient (Wildman–Crippen LogP) is 5.89. The van der Waals surface area contributed by atoms with Crippen molar-refractivity contribution in [2.24, 2.45) is 0 Å². The summed E-state index contributed by atoms with van der Waals surface area (Å²) in [6.07, 6.45) is 16.4. The molecule has 1 fully saturated rings. The summed E-state index contributed by atoms with van der Waals surface area (Å²) in [6, 6.07) is 0. The van der Waals surface area contributed by atoms with E-state index in [1.165, 1.54) is 81.5 Å². The maximum atomic E-state index is 6.30. The van der Waals surface area contributed by atoms with Crippen LogP contribution in [0.1, 0.15) is 84.0 Å². The van der Waals surface area contributed by atoms with Crippen LogP contribution in [0, 0.1) is 0 Å². The van der Waals surface area contributed by atoms with E-state index in [1.54, 1.807) is 0 Å². The van der Waals surface area contributed by atoms with Crippen molar-refractivity contribution < 1.29 is 4.74 Å². The molecule has 0 aromatic rings. The van der Waals surface area contributed by atoms with E-state index in [4.69, 9.17) is 4.74 Å². The molecule has 1 aliphatic carbocycles. The average Bonchev–Trinajstić information content (AvgIpc) is 2.64. The van der Waals surface area contributed by atoms with E-state index < -0.39 is 0 Å². The van der Waals surface area contributed by atoms with E-state index >= 15 is 0 Å². The number of hydrogen-bond donors (Lipinski definition) is 0. The molecule has 0 aromatic carbocycles. The minimum Gasteiger partial charge on any atom is -0.374 e. The lowest BCUT2D eigenvalue weighted by molar-refractivity contribution is -0.0376. The smallest absolute Gasteiger partial charge is 0.0771 e. The van der Waals surface area contributed by atoms with Crippen LogP contribution in [0.25, 0.3) is 0 Å². The van der Waals surface area contributed by atoms with E-state index in [9.17, 15) is 0 Å². The highest BCUT2D eigenvalue weighted by molar-refractivity contribution is 14.1. The van der Waals surface area contributed by atoms with Crippen LogP contribution in [0.4, 0.5) is 0 Å². The minimum absolute atomic E-state index is 0.237. The fourth-order valence-electron chi connectivity index (χ4n) is 2.86. The van der Waals surface area contributed by atoms with Crippen molar-refractivity contribution in [2.45, 2.75) is 89.6 Å². The van der Waals surface area contributed by atoms with Crippen LogP contribution in [0.3, 0.4) is 0 Å². The molecule has 1 aliphatic rings. The highest BCUT2D eigenvalue weighted by Gasteiger charge is 2.30. The summed E-state index contributed by atoms with van der Waals surface area (Å²) in [5.74, 6) is 0. The predicted molar refractivity (Wildman–Crippen MR) is 88.6 cm³/mol. The first kappa shape index (κ1) is 16.7. The largest absolute Gasteiger partial charge is 0.374 e. The van der Waals surface area contributed by atoms with Crippen molar-refractivity contribution in [3.8, 4) is 0 Å². The molecule has 108 valence electrons. The quantitative estimate of drug-likeness (QED) is 0.214. The second-order valence-corrected chi connectivity index (χ2v) is 6.61. The van der Waals surface area contributed by atoms with Crippen molar-refractivity contribution in [2.75, 3.05) is 11.0 Å². The highest BCUT2D eigenvalue weighted by atomic mass is 127. The standard InChI is InChI=1S/C16H31IO/c1-2-3-4-5-8-11-14-18-16(15-17)12-9-6-7-10-13-16/h2-15H2,1H3. The Balaban J connectivity index is 2.10. The number of unbranched alkanes of at least 4 members (excludes halogenated alkanes) is 5. The van der Waals surface area contributed by atoms with E-state index in [-0.39, 0.29) is 5.60 Å². The maximum absolute atomic E-state index is 6.30. The summed E-state index contributed by atoms with van der Waals surface area (Å²) in [6.45, 7) is 3.27. The van der Waals surface area contributed by atoms with Gasteiger partial charge in [-0.25, -0.2) is 0 Å². The molecule has 0 aliphatic heterocycles. The van der Waals surface area contributed by atoms with Crippen molar-refractivity contribution >= 4 is 22.6 Å². The normalized spacial score (nSPS) is 19.7. The van der Waals surface area contributed by atoms with Crippen LogP contribution in [-0.4, -0.2) is 16.6 Å². The van der Waals surface area contributed by atoms with Gasteiger partial charge in [0.15, 0.2) is 0 Å². The number of ether oxygens (including phenoxy) is 1. The van der Waals surface area contributed by atoms with Crippen LogP contribution in [0.5, 0.6) is 0 Å². The van der Waals surface area contributed by atoms with Gasteiger partial charge in [-0.15, -0.1) is 0 Å². The summed E-state index contributed by atoms with van der Waals surface area (Å²) < 4.78 is 7.48. The molecule has 1 saturated carbocycles. The Morgan fingerprint density at radius 2 is 1.50 bits per heavy atom. The summed E-state index contributed by atoms with van der Waals surface area (Å²) >= 11 is 2.53. The van der Waals surface area contributed by atoms with Gasteiger partial charge < -0.3 is 4.74 Å². The van der Waals surface area contributed by atoms with Gasteiger partial charge in [-0.3, -0.25) is 0 Å². The van der Waals surface area contributed by atoms with Crippen LogP contribution in [-0.2, 0) is 4.74 Å². The SMILES string of the molecule is CCCCCCCCOC1(CI)CCCCCC1. The third-order valence-electron chi connectivity index (χ3n) is 4.16. The molecule has 0 heterocycles. The topological polar surface area (TPSA) is 9.23 Å². The molecule has 0 aromatic heterocycles. The lowest BCUT2D eigenvalue weighted by atomic mass is 9.97. The van der Waals surface area contributed by atoms with E-state index in [1.807, 2.05) is 0 Å². The third kappa shape index (κ3) is 6.74. The lowest BCUT2D eigenvalue weighted by Gasteiger charge is -2.31. The summed E-state index contributed by atoms with van der Waals surface area (Å²) in [4.78, 5) is 0. The molecule has 0 spiro atoms. The minimum atomic E-state index is 0.237. The Hall–Kier alpha value is 0.690. The number of halogens is 1. The number of rotatable bonds is 9. The van der Waals surface area contributed by atoms with E-state index in [0.717, 1.165) is 6.61 Å². The zero-order chi connectivity index (χ0) is 13.1. The Morgan fingerprint density at radius 3 is 2.11 bits per heavy atom. The summed E-state index contributed by atoms with van der Waals surface area (Å²) in [5, 5.41) is 0. The van der Waals surface area contributed by atoms with Gasteiger partial charge in [0.25, 0.3) is 0 Å². The lowest BCUT2D eigenvalue weighted by Crippen LogP contribution is -2.34. The van der Waals surface area contributed by atoms with Gasteiger partial charge in [0, 0.05) is 11.0 Å². The third-order valence-corrected chi connectivity index (χ3v) is 5.55. The molecule has 0 N–H and O–H groups in total. The van der Waals surface area contributed by atoms with Gasteiger partial charge in [0.05, 0.1) is 5.60 Å². The molecule has 0 bridgehead atoms. The second-order valence-electron chi connectivity index (χ2n) is 5.85. The fraction of sp³-hybridized carbons (Fsp3) is 1.00. The second kappa shape index (κ2) is 10.5. The molecule has 1 nitrogen and oxygen atoms in total. The fourth-order valence-corrected chi connectivity index (χ4v) is 3.84. The van der Waals surface area contributed by atoms with Crippen molar-refractivity contribution in [3.63, 3.8) is 0 Å². The molecule has 0 saturated heterocycles. The van der Waals surface area contributed by atoms with Crippen molar-refractivity contribution in [1.82, 2.24) is 0 Å². The van der Waals surface area contributed by atoms with Crippen LogP contribution in [0.15, 0.2) is 0 Å². The molecule has 18 heavy (non-hydrogen) atoms. The monoisotopic (exact) mass is 366 g/mol. The average molecular weight is 366 g/mol. The summed E-state index contributed by atoms with van der Waals surface area (Å²) in [7, 11) is 0. The number of hydrogen-bond acceptors (Lipinski definition) is 1. The van der Waals surface area contributed by atoms with Gasteiger partial charge in [0.2, 0.25) is 0 Å². The molecule has 1 rings (SSSR count). The Bertz CT molecular complexity index is 186. The first-order valence-corrected chi connectivity index (χ1v) is 9.55. The van der Waals surface area contributed by atoms with Crippen LogP contribution >= 0.6 is 22.6 Å². The molecule has 0 unspecified atom stereocenters. The molecular formula is C16H31IO. The molecular weight excluding hydrogens is 335 g/mol. The van der Waals surface area contributed by atoms with E-state index in [0.29, 0.717) is 0 Å². The van der Waals surface area contributed by atoms with Gasteiger partial charge in [-0.1, -0.05) is 87.3 Å². The van der Waals surface area contributed by atoms with Gasteiger partial charge in [-0.05, 0) is 19.3 Å². The first-order valence-electron chi connectivity index (χ1n) is 8.03. The summed E-state index contributed by atoms with van der Waals surface area (Å²) in [5.41, 5.74) is 0.237. The Kier molecular flexibility index (Phi) is 9.74. The van der Waals surface area contributed by atoms with Gasteiger partial charge >= 0.3 is 0 Å². The molecule has 0 radical (unpaired) electrons. The van der Waals surface area contributed by atoms with Gasteiger partial charge in [0.1, 0.15) is 0 Å².